The number of hydrogen-bond donors (Lipinski definition) is 2. The standard InChI is InChI=1S/C27H29N5O2/c1-4-32(5-2)12-13-34-26-15-19(6-9-25(26)33-3)23-18-29-17-21(16-28)27(23)31-22-7-8-24-20(14-22)10-11-30-24/h6-11,14-15,17-18,30H,4-5,12-13H2,1-3H3,(H,29,31). The zero-order valence-electron chi connectivity index (χ0n) is 19.8. The second-order valence-electron chi connectivity index (χ2n) is 7.87. The van der Waals surface area contributed by atoms with Crippen molar-refractivity contribution in [1.29, 1.82) is 5.26 Å². The maximum absolute atomic E-state index is 9.77. The molecule has 0 saturated carbocycles. The van der Waals surface area contributed by atoms with Crippen LogP contribution in [0, 0.1) is 11.3 Å². The molecule has 0 amide bonds. The normalized spacial score (nSPS) is 10.9. The number of methoxy groups -OCH3 is 1. The van der Waals surface area contributed by atoms with Crippen LogP contribution in [0.3, 0.4) is 0 Å². The molecule has 0 bridgehead atoms. The molecule has 0 aliphatic rings. The number of aromatic nitrogens is 2. The molecule has 34 heavy (non-hydrogen) atoms. The third-order valence-corrected chi connectivity index (χ3v) is 5.92. The molecule has 174 valence electrons. The van der Waals surface area contributed by atoms with Crippen LogP contribution in [0.4, 0.5) is 11.4 Å². The molecule has 0 fully saturated rings. The molecule has 2 N–H and O–H groups in total. The van der Waals surface area contributed by atoms with E-state index in [1.807, 2.05) is 48.7 Å². The number of nitrogens with zero attached hydrogens (tertiary/aromatic N) is 3. The van der Waals surface area contributed by atoms with Crippen molar-refractivity contribution in [3.63, 3.8) is 0 Å². The van der Waals surface area contributed by atoms with Crippen molar-refractivity contribution < 1.29 is 9.47 Å². The number of fused-ring (bicyclic) bond motifs is 1. The van der Waals surface area contributed by atoms with Crippen LogP contribution in [0.5, 0.6) is 11.5 Å². The monoisotopic (exact) mass is 455 g/mol. The first-order valence-electron chi connectivity index (χ1n) is 11.4. The van der Waals surface area contributed by atoms with Crippen molar-refractivity contribution in [3.8, 4) is 28.7 Å². The minimum absolute atomic E-state index is 0.464. The summed E-state index contributed by atoms with van der Waals surface area (Å²) in [5, 5.41) is 14.3. The number of H-pyrrole nitrogens is 1. The molecule has 0 unspecified atom stereocenters. The lowest BCUT2D eigenvalue weighted by atomic mass is 10.0. The summed E-state index contributed by atoms with van der Waals surface area (Å²) < 4.78 is 11.6. The summed E-state index contributed by atoms with van der Waals surface area (Å²) in [6, 6.07) is 16.1. The molecule has 4 rings (SSSR count). The second kappa shape index (κ2) is 10.7. The summed E-state index contributed by atoms with van der Waals surface area (Å²) in [4.78, 5) is 9.81. The van der Waals surface area contributed by atoms with Gasteiger partial charge in [0.05, 0.1) is 18.4 Å². The van der Waals surface area contributed by atoms with Crippen molar-refractivity contribution >= 4 is 22.3 Å². The fourth-order valence-electron chi connectivity index (χ4n) is 3.96. The highest BCUT2D eigenvalue weighted by molar-refractivity contribution is 5.88. The van der Waals surface area contributed by atoms with E-state index in [-0.39, 0.29) is 0 Å². The van der Waals surface area contributed by atoms with Gasteiger partial charge in [0.25, 0.3) is 0 Å². The quantitative estimate of drug-likeness (QED) is 0.325. The number of rotatable bonds is 10. The average Bonchev–Trinajstić information content (AvgIpc) is 3.34. The summed E-state index contributed by atoms with van der Waals surface area (Å²) >= 11 is 0. The number of ether oxygens (including phenoxy) is 2. The molecule has 2 aromatic heterocycles. The SMILES string of the molecule is CCN(CC)CCOc1cc(-c2cncc(C#N)c2Nc2ccc3[nH]ccc3c2)ccc1OC. The Labute approximate surface area is 200 Å². The van der Waals surface area contributed by atoms with Crippen LogP contribution >= 0.6 is 0 Å². The molecular weight excluding hydrogens is 426 g/mol. The van der Waals surface area contributed by atoms with Crippen LogP contribution in [-0.4, -0.2) is 48.2 Å². The summed E-state index contributed by atoms with van der Waals surface area (Å²) in [6.07, 6.45) is 5.25. The lowest BCUT2D eigenvalue weighted by Crippen LogP contribution is -2.27. The van der Waals surface area contributed by atoms with Crippen LogP contribution in [0.15, 0.2) is 61.1 Å². The van der Waals surface area contributed by atoms with Crippen molar-refractivity contribution in [2.45, 2.75) is 13.8 Å². The molecule has 0 atom stereocenters. The minimum Gasteiger partial charge on any atom is -0.493 e. The summed E-state index contributed by atoms with van der Waals surface area (Å²) in [6.45, 7) is 7.63. The van der Waals surface area contributed by atoms with Crippen molar-refractivity contribution in [1.82, 2.24) is 14.9 Å². The fraction of sp³-hybridized carbons (Fsp3) is 0.259. The molecule has 2 heterocycles. The maximum Gasteiger partial charge on any atom is 0.161 e. The molecule has 4 aromatic rings. The zero-order valence-corrected chi connectivity index (χ0v) is 19.8. The Balaban J connectivity index is 1.67. The number of anilines is 2. The first-order valence-corrected chi connectivity index (χ1v) is 11.4. The Hall–Kier alpha value is -4.02. The Morgan fingerprint density at radius 2 is 1.91 bits per heavy atom. The molecule has 2 aromatic carbocycles. The molecule has 0 radical (unpaired) electrons. The maximum atomic E-state index is 9.77. The van der Waals surface area contributed by atoms with E-state index in [1.165, 1.54) is 0 Å². The van der Waals surface area contributed by atoms with E-state index in [0.29, 0.717) is 29.4 Å². The van der Waals surface area contributed by atoms with Gasteiger partial charge in [-0.05, 0) is 55.1 Å². The van der Waals surface area contributed by atoms with Crippen LogP contribution in [0.25, 0.3) is 22.0 Å². The van der Waals surface area contributed by atoms with E-state index < -0.39 is 0 Å². The highest BCUT2D eigenvalue weighted by atomic mass is 16.5. The number of aromatic amines is 1. The molecule has 0 saturated heterocycles. The zero-order chi connectivity index (χ0) is 23.9. The molecule has 0 aliphatic carbocycles. The van der Waals surface area contributed by atoms with Gasteiger partial charge in [0.15, 0.2) is 11.5 Å². The minimum atomic E-state index is 0.464. The molecule has 7 nitrogen and oxygen atoms in total. The van der Waals surface area contributed by atoms with Crippen molar-refractivity contribution in [2.24, 2.45) is 0 Å². The smallest absolute Gasteiger partial charge is 0.161 e. The molecule has 0 aliphatic heterocycles. The number of pyridine rings is 1. The Bertz CT molecular complexity index is 1300. The van der Waals surface area contributed by atoms with Gasteiger partial charge in [-0.3, -0.25) is 4.98 Å². The highest BCUT2D eigenvalue weighted by Gasteiger charge is 2.15. The lowest BCUT2D eigenvalue weighted by molar-refractivity contribution is 0.217. The van der Waals surface area contributed by atoms with E-state index in [1.54, 1.807) is 19.5 Å². The van der Waals surface area contributed by atoms with Crippen LogP contribution < -0.4 is 14.8 Å². The van der Waals surface area contributed by atoms with Gasteiger partial charge in [0, 0.05) is 47.3 Å². The first-order chi connectivity index (χ1) is 16.7. The number of hydrogen-bond acceptors (Lipinski definition) is 6. The van der Waals surface area contributed by atoms with Gasteiger partial charge in [-0.25, -0.2) is 0 Å². The van der Waals surface area contributed by atoms with Gasteiger partial charge >= 0.3 is 0 Å². The number of likely N-dealkylation sites (N-methyl/N-ethyl adjacent to an activating group) is 1. The first kappa shape index (κ1) is 23.1. The highest BCUT2D eigenvalue weighted by Crippen LogP contribution is 2.37. The van der Waals surface area contributed by atoms with Gasteiger partial charge in [0.2, 0.25) is 0 Å². The second-order valence-corrected chi connectivity index (χ2v) is 7.87. The predicted molar refractivity (Wildman–Crippen MR) is 136 cm³/mol. The third-order valence-electron chi connectivity index (χ3n) is 5.92. The van der Waals surface area contributed by atoms with E-state index in [9.17, 15) is 5.26 Å². The van der Waals surface area contributed by atoms with Crippen LogP contribution in [0.2, 0.25) is 0 Å². The van der Waals surface area contributed by atoms with Gasteiger partial charge in [-0.1, -0.05) is 19.9 Å². The van der Waals surface area contributed by atoms with Gasteiger partial charge in [-0.2, -0.15) is 5.26 Å². The topological polar surface area (TPSA) is 86.2 Å². The number of nitrogens with one attached hydrogen (secondary N) is 2. The van der Waals surface area contributed by atoms with Gasteiger partial charge in [-0.15, -0.1) is 0 Å². The molecule has 0 spiro atoms. The van der Waals surface area contributed by atoms with Gasteiger partial charge < -0.3 is 24.7 Å². The van der Waals surface area contributed by atoms with Gasteiger partial charge in [0.1, 0.15) is 12.7 Å². The largest absolute Gasteiger partial charge is 0.493 e. The van der Waals surface area contributed by atoms with Crippen LogP contribution in [0.1, 0.15) is 19.4 Å². The van der Waals surface area contributed by atoms with Crippen molar-refractivity contribution in [2.75, 3.05) is 38.7 Å². The average molecular weight is 456 g/mol. The number of nitriles is 1. The Morgan fingerprint density at radius 1 is 1.06 bits per heavy atom. The molecular formula is C27H29N5O2. The fourth-order valence-corrected chi connectivity index (χ4v) is 3.96. The Morgan fingerprint density at radius 3 is 2.68 bits per heavy atom. The van der Waals surface area contributed by atoms with E-state index in [0.717, 1.165) is 47.4 Å². The molecule has 7 heteroatoms. The third kappa shape index (κ3) is 4.98. The van der Waals surface area contributed by atoms with E-state index >= 15 is 0 Å². The van der Waals surface area contributed by atoms with Crippen LogP contribution in [-0.2, 0) is 0 Å². The van der Waals surface area contributed by atoms with Crippen molar-refractivity contribution in [3.05, 3.63) is 66.6 Å². The lowest BCUT2D eigenvalue weighted by Gasteiger charge is -2.19. The van der Waals surface area contributed by atoms with E-state index in [2.05, 4.69) is 40.1 Å². The number of benzene rings is 2. The Kier molecular flexibility index (Phi) is 7.31. The summed E-state index contributed by atoms with van der Waals surface area (Å²) in [7, 11) is 1.63. The predicted octanol–water partition coefficient (Wildman–Crippen LogP) is 5.57. The summed E-state index contributed by atoms with van der Waals surface area (Å²) in [5.41, 5.74) is 4.80. The van der Waals surface area contributed by atoms with E-state index in [4.69, 9.17) is 9.47 Å². The summed E-state index contributed by atoms with van der Waals surface area (Å²) in [5.74, 6) is 1.33.